The molecule has 1 N–H and O–H groups in total. The molecule has 0 saturated heterocycles. The fourth-order valence-electron chi connectivity index (χ4n) is 0.515. The fourth-order valence-corrected chi connectivity index (χ4v) is 1.40. The lowest BCUT2D eigenvalue weighted by Gasteiger charge is -2.20. The molecule has 0 aromatic rings. The van der Waals surface area contributed by atoms with Crippen LogP contribution in [0.15, 0.2) is 0 Å². The summed E-state index contributed by atoms with van der Waals surface area (Å²) < 4.78 is 0. The van der Waals surface area contributed by atoms with E-state index in [2.05, 4.69) is 0 Å². The Kier molecular flexibility index (Phi) is 4.47. The summed E-state index contributed by atoms with van der Waals surface area (Å²) in [5.74, 6) is -0.940. The van der Waals surface area contributed by atoms with Gasteiger partial charge in [-0.15, -0.1) is 0 Å². The SMILES string of the molecule is CCC(C)(C)C(=O)SC(C)C(=O)O. The summed E-state index contributed by atoms with van der Waals surface area (Å²) >= 11 is 0.901. The molecule has 0 fully saturated rings. The number of carboxylic acids is 1. The Bertz CT molecular complexity index is 211. The van der Waals surface area contributed by atoms with Crippen LogP contribution < -0.4 is 0 Å². The Labute approximate surface area is 82.9 Å². The zero-order valence-corrected chi connectivity index (χ0v) is 9.27. The molecule has 13 heavy (non-hydrogen) atoms. The Balaban J connectivity index is 4.23. The van der Waals surface area contributed by atoms with E-state index < -0.39 is 16.6 Å². The third-order valence-electron chi connectivity index (χ3n) is 2.07. The monoisotopic (exact) mass is 204 g/mol. The largest absolute Gasteiger partial charge is 0.480 e. The van der Waals surface area contributed by atoms with Crippen molar-refractivity contribution in [2.45, 2.75) is 39.4 Å². The van der Waals surface area contributed by atoms with Crippen LogP contribution in [-0.4, -0.2) is 21.4 Å². The molecular formula is C9H16O3S. The minimum atomic E-state index is -0.940. The van der Waals surface area contributed by atoms with Gasteiger partial charge in [0.15, 0.2) is 5.12 Å². The van der Waals surface area contributed by atoms with Crippen molar-refractivity contribution in [2.24, 2.45) is 5.41 Å². The summed E-state index contributed by atoms with van der Waals surface area (Å²) in [4.78, 5) is 22.0. The molecule has 3 nitrogen and oxygen atoms in total. The molecule has 0 bridgehead atoms. The van der Waals surface area contributed by atoms with Gasteiger partial charge in [0.05, 0.1) is 0 Å². The summed E-state index contributed by atoms with van der Waals surface area (Å²) in [6, 6.07) is 0. The highest BCUT2D eigenvalue weighted by atomic mass is 32.2. The molecule has 0 heterocycles. The van der Waals surface area contributed by atoms with Gasteiger partial charge >= 0.3 is 5.97 Å². The molecule has 0 aliphatic carbocycles. The van der Waals surface area contributed by atoms with Gasteiger partial charge < -0.3 is 5.11 Å². The lowest BCUT2D eigenvalue weighted by Crippen LogP contribution is -2.24. The molecule has 0 aliphatic rings. The van der Waals surface area contributed by atoms with E-state index in [1.807, 2.05) is 20.8 Å². The highest BCUT2D eigenvalue weighted by Crippen LogP contribution is 2.29. The van der Waals surface area contributed by atoms with Crippen molar-refractivity contribution in [3.05, 3.63) is 0 Å². The van der Waals surface area contributed by atoms with Crippen molar-refractivity contribution >= 4 is 22.8 Å². The van der Waals surface area contributed by atoms with Crippen LogP contribution in [0.25, 0.3) is 0 Å². The lowest BCUT2D eigenvalue weighted by molar-refractivity contribution is -0.136. The average Bonchev–Trinajstić information content (AvgIpc) is 2.04. The standard InChI is InChI=1S/C9H16O3S/c1-5-9(3,4)8(12)13-6(2)7(10)11/h6H,5H2,1-4H3,(H,10,11). The van der Waals surface area contributed by atoms with Gasteiger partial charge in [0.2, 0.25) is 0 Å². The molecule has 1 unspecified atom stereocenters. The van der Waals surface area contributed by atoms with Gasteiger partial charge in [0.1, 0.15) is 5.25 Å². The molecule has 76 valence electrons. The molecular weight excluding hydrogens is 188 g/mol. The van der Waals surface area contributed by atoms with E-state index in [1.165, 1.54) is 6.92 Å². The molecule has 0 radical (unpaired) electrons. The second-order valence-electron chi connectivity index (χ2n) is 3.62. The van der Waals surface area contributed by atoms with Gasteiger partial charge in [-0.2, -0.15) is 0 Å². The van der Waals surface area contributed by atoms with E-state index in [9.17, 15) is 9.59 Å². The van der Waals surface area contributed by atoms with Gasteiger partial charge in [-0.1, -0.05) is 32.5 Å². The Morgan fingerprint density at radius 3 is 2.23 bits per heavy atom. The highest BCUT2D eigenvalue weighted by Gasteiger charge is 2.29. The van der Waals surface area contributed by atoms with Crippen molar-refractivity contribution in [1.82, 2.24) is 0 Å². The molecule has 0 aliphatic heterocycles. The molecule has 0 amide bonds. The van der Waals surface area contributed by atoms with Crippen molar-refractivity contribution in [3.8, 4) is 0 Å². The van der Waals surface area contributed by atoms with E-state index in [4.69, 9.17) is 5.11 Å². The smallest absolute Gasteiger partial charge is 0.316 e. The first-order valence-corrected chi connectivity index (χ1v) is 5.13. The Morgan fingerprint density at radius 1 is 1.46 bits per heavy atom. The minimum absolute atomic E-state index is 0.0510. The molecule has 0 spiro atoms. The van der Waals surface area contributed by atoms with Gasteiger partial charge in [-0.3, -0.25) is 9.59 Å². The maximum atomic E-state index is 11.5. The van der Waals surface area contributed by atoms with Crippen LogP contribution in [0.1, 0.15) is 34.1 Å². The fraction of sp³-hybridized carbons (Fsp3) is 0.778. The second-order valence-corrected chi connectivity index (χ2v) is 4.94. The molecule has 4 heteroatoms. The number of carboxylic acid groups (broad SMARTS) is 1. The van der Waals surface area contributed by atoms with E-state index in [0.717, 1.165) is 18.2 Å². The predicted octanol–water partition coefficient (Wildman–Crippen LogP) is 2.16. The van der Waals surface area contributed by atoms with Crippen molar-refractivity contribution < 1.29 is 14.7 Å². The topological polar surface area (TPSA) is 54.4 Å². The molecule has 0 saturated carbocycles. The first-order chi connectivity index (χ1) is 5.81. The maximum Gasteiger partial charge on any atom is 0.316 e. The number of carbonyl (C=O) groups is 2. The first-order valence-electron chi connectivity index (χ1n) is 4.25. The van der Waals surface area contributed by atoms with Crippen LogP contribution in [-0.2, 0) is 9.59 Å². The molecule has 0 aromatic carbocycles. The highest BCUT2D eigenvalue weighted by molar-refractivity contribution is 8.14. The number of carbonyl (C=O) groups excluding carboxylic acids is 1. The van der Waals surface area contributed by atoms with Gasteiger partial charge in [-0.05, 0) is 13.3 Å². The van der Waals surface area contributed by atoms with Crippen molar-refractivity contribution in [3.63, 3.8) is 0 Å². The summed E-state index contributed by atoms with van der Waals surface area (Å²) in [6.45, 7) is 7.11. The summed E-state index contributed by atoms with van der Waals surface area (Å²) in [6.07, 6.45) is 0.727. The molecule has 0 aromatic heterocycles. The third-order valence-corrected chi connectivity index (χ3v) is 3.39. The van der Waals surface area contributed by atoms with Crippen LogP contribution >= 0.6 is 11.8 Å². The van der Waals surface area contributed by atoms with Gasteiger partial charge in [0.25, 0.3) is 0 Å². The summed E-state index contributed by atoms with van der Waals surface area (Å²) in [5, 5.41) is 7.89. The van der Waals surface area contributed by atoms with Crippen molar-refractivity contribution in [1.29, 1.82) is 0 Å². The van der Waals surface area contributed by atoms with E-state index >= 15 is 0 Å². The van der Waals surface area contributed by atoms with Crippen LogP contribution in [0.5, 0.6) is 0 Å². The van der Waals surface area contributed by atoms with Crippen molar-refractivity contribution in [2.75, 3.05) is 0 Å². The maximum absolute atomic E-state index is 11.5. The number of thioether (sulfide) groups is 1. The summed E-state index contributed by atoms with van der Waals surface area (Å²) in [5.41, 5.74) is -0.422. The second kappa shape index (κ2) is 4.65. The van der Waals surface area contributed by atoms with E-state index in [-0.39, 0.29) is 5.12 Å². The number of hydrogen-bond acceptors (Lipinski definition) is 3. The zero-order chi connectivity index (χ0) is 10.6. The Morgan fingerprint density at radius 2 is 1.92 bits per heavy atom. The van der Waals surface area contributed by atoms with Crippen LogP contribution in [0.2, 0.25) is 0 Å². The molecule has 0 rings (SSSR count). The number of rotatable bonds is 4. The lowest BCUT2D eigenvalue weighted by atomic mass is 9.92. The predicted molar refractivity (Wildman–Crippen MR) is 53.8 cm³/mol. The number of hydrogen-bond donors (Lipinski definition) is 1. The van der Waals surface area contributed by atoms with Crippen LogP contribution in [0.3, 0.4) is 0 Å². The number of aliphatic carboxylic acids is 1. The third kappa shape index (κ3) is 3.81. The molecule has 1 atom stereocenters. The van der Waals surface area contributed by atoms with Gasteiger partial charge in [0, 0.05) is 5.41 Å². The quantitative estimate of drug-likeness (QED) is 0.762. The Hall–Kier alpha value is -0.510. The normalized spacial score (nSPS) is 13.8. The zero-order valence-electron chi connectivity index (χ0n) is 8.46. The van der Waals surface area contributed by atoms with Crippen LogP contribution in [0.4, 0.5) is 0 Å². The minimum Gasteiger partial charge on any atom is -0.480 e. The van der Waals surface area contributed by atoms with Gasteiger partial charge in [-0.25, -0.2) is 0 Å². The summed E-state index contributed by atoms with van der Waals surface area (Å²) in [7, 11) is 0. The average molecular weight is 204 g/mol. The first kappa shape index (κ1) is 12.5. The van der Waals surface area contributed by atoms with E-state index in [0.29, 0.717) is 0 Å². The van der Waals surface area contributed by atoms with E-state index in [1.54, 1.807) is 0 Å². The van der Waals surface area contributed by atoms with Crippen LogP contribution in [0, 0.1) is 5.41 Å².